The summed E-state index contributed by atoms with van der Waals surface area (Å²) in [4.78, 5) is 47.4. The Bertz CT molecular complexity index is 1870. The van der Waals surface area contributed by atoms with E-state index >= 15 is 0 Å². The molecular weight excluding hydrogens is 657 g/mol. The van der Waals surface area contributed by atoms with Gasteiger partial charge in [-0.1, -0.05) is 12.1 Å². The molecule has 1 aromatic heterocycles. The number of alkyl halides is 3. The summed E-state index contributed by atoms with van der Waals surface area (Å²) in [6.07, 6.45) is -2.04. The van der Waals surface area contributed by atoms with Crippen LogP contribution >= 0.6 is 0 Å². The molecule has 18 heteroatoms. The summed E-state index contributed by atoms with van der Waals surface area (Å²) in [5.41, 5.74) is -0.498. The fourth-order valence-electron chi connectivity index (χ4n) is 5.73. The quantitative estimate of drug-likeness (QED) is 0.150. The van der Waals surface area contributed by atoms with Gasteiger partial charge in [0.25, 0.3) is 21.0 Å². The molecule has 4 N–H and O–H groups in total. The maximum Gasteiger partial charge on any atom is 0.451 e. The van der Waals surface area contributed by atoms with Crippen LogP contribution in [-0.2, 0) is 27.5 Å². The number of nitriles is 1. The second-order valence-corrected chi connectivity index (χ2v) is 13.2. The van der Waals surface area contributed by atoms with E-state index in [9.17, 15) is 36.0 Å². The van der Waals surface area contributed by atoms with Crippen molar-refractivity contribution in [3.8, 4) is 6.07 Å². The zero-order valence-electron chi connectivity index (χ0n) is 25.6. The van der Waals surface area contributed by atoms with Crippen molar-refractivity contribution in [3.63, 3.8) is 0 Å². The van der Waals surface area contributed by atoms with Crippen LogP contribution in [0.15, 0.2) is 39.9 Å². The van der Waals surface area contributed by atoms with E-state index in [-0.39, 0.29) is 41.4 Å². The van der Waals surface area contributed by atoms with E-state index in [0.29, 0.717) is 63.8 Å². The number of benzene rings is 1. The van der Waals surface area contributed by atoms with Crippen molar-refractivity contribution in [2.24, 2.45) is 5.92 Å². The van der Waals surface area contributed by atoms with Crippen LogP contribution in [0.2, 0.25) is 0 Å². The molecule has 48 heavy (non-hydrogen) atoms. The number of halogens is 3. The SMILES string of the molecule is N#Cc1ccc(CCNC(=O)C2CCN2c2cc(N3CCC(CCNc4c(NCS(=O)(=O)O)c(=O)c4=O)CC3)nc(C(F)(F)F)n2)cc1. The second-order valence-electron chi connectivity index (χ2n) is 11.7. The summed E-state index contributed by atoms with van der Waals surface area (Å²) >= 11 is 0. The third-order valence-electron chi connectivity index (χ3n) is 8.50. The first-order chi connectivity index (χ1) is 22.7. The van der Waals surface area contributed by atoms with Gasteiger partial charge in [0.05, 0.1) is 11.6 Å². The molecule has 0 bridgehead atoms. The molecule has 0 aliphatic carbocycles. The lowest BCUT2D eigenvalue weighted by Crippen LogP contribution is -2.57. The molecule has 2 fully saturated rings. The molecule has 1 atom stereocenters. The Kier molecular flexibility index (Phi) is 10.2. The first-order valence-corrected chi connectivity index (χ1v) is 16.8. The molecule has 1 amide bonds. The lowest BCUT2D eigenvalue weighted by atomic mass is 9.93. The summed E-state index contributed by atoms with van der Waals surface area (Å²) < 4.78 is 72.3. The van der Waals surface area contributed by atoms with Gasteiger partial charge >= 0.3 is 6.18 Å². The summed E-state index contributed by atoms with van der Waals surface area (Å²) in [6, 6.07) is 9.80. The first-order valence-electron chi connectivity index (χ1n) is 15.2. The minimum Gasteiger partial charge on any atom is -0.380 e. The second kappa shape index (κ2) is 14.2. The molecule has 3 aromatic rings. The molecule has 2 aliphatic rings. The van der Waals surface area contributed by atoms with Crippen LogP contribution in [0.5, 0.6) is 0 Å². The topological polar surface area (TPSA) is 198 Å². The Hall–Kier alpha value is -4.76. The average molecular weight is 691 g/mol. The van der Waals surface area contributed by atoms with Gasteiger partial charge in [-0.25, -0.2) is 9.97 Å². The summed E-state index contributed by atoms with van der Waals surface area (Å²) in [7, 11) is -4.40. The summed E-state index contributed by atoms with van der Waals surface area (Å²) in [5, 5.41) is 16.8. The van der Waals surface area contributed by atoms with E-state index in [2.05, 4.69) is 25.9 Å². The van der Waals surface area contributed by atoms with Crippen molar-refractivity contribution in [2.45, 2.75) is 44.3 Å². The molecular formula is C30H33F3N8O6S. The Morgan fingerprint density at radius 3 is 2.21 bits per heavy atom. The molecule has 2 aromatic carbocycles. The molecule has 0 radical (unpaired) electrons. The highest BCUT2D eigenvalue weighted by Gasteiger charge is 2.40. The Balaban J connectivity index is 1.16. The average Bonchev–Trinajstić information content (AvgIpc) is 3.02. The maximum atomic E-state index is 13.9. The molecule has 14 nitrogen and oxygen atoms in total. The third-order valence-corrected chi connectivity index (χ3v) is 9.01. The van der Waals surface area contributed by atoms with Gasteiger partial charge in [-0.3, -0.25) is 18.9 Å². The van der Waals surface area contributed by atoms with Crippen LogP contribution in [0.25, 0.3) is 0 Å². The number of rotatable bonds is 13. The normalized spacial score (nSPS) is 17.1. The largest absolute Gasteiger partial charge is 0.451 e. The van der Waals surface area contributed by atoms with E-state index in [1.165, 1.54) is 11.0 Å². The minimum atomic E-state index is -4.80. The molecule has 2 saturated heterocycles. The number of nitrogens with one attached hydrogen (secondary N) is 3. The first kappa shape index (κ1) is 34.6. The van der Waals surface area contributed by atoms with Crippen LogP contribution < -0.4 is 36.6 Å². The molecule has 256 valence electrons. The number of anilines is 4. The Labute approximate surface area is 273 Å². The van der Waals surface area contributed by atoms with E-state index < -0.39 is 44.9 Å². The van der Waals surface area contributed by atoms with Crippen molar-refractivity contribution in [1.82, 2.24) is 15.3 Å². The smallest absolute Gasteiger partial charge is 0.380 e. The van der Waals surface area contributed by atoms with Crippen molar-refractivity contribution in [3.05, 3.63) is 67.7 Å². The minimum absolute atomic E-state index is 0.0172. The fourth-order valence-corrected chi connectivity index (χ4v) is 6.06. The van der Waals surface area contributed by atoms with Crippen LogP contribution in [0.3, 0.4) is 0 Å². The van der Waals surface area contributed by atoms with Crippen LogP contribution in [-0.4, -0.2) is 73.5 Å². The summed E-state index contributed by atoms with van der Waals surface area (Å²) in [5.74, 6) is -2.26. The maximum absolute atomic E-state index is 13.9. The van der Waals surface area contributed by atoms with Gasteiger partial charge in [-0.2, -0.15) is 26.9 Å². The summed E-state index contributed by atoms with van der Waals surface area (Å²) in [6.45, 7) is 1.77. The van der Waals surface area contributed by atoms with Gasteiger partial charge < -0.3 is 25.8 Å². The lowest BCUT2D eigenvalue weighted by molar-refractivity contribution is -0.144. The van der Waals surface area contributed by atoms with Gasteiger partial charge in [-0.15, -0.1) is 0 Å². The number of carbonyl (C=O) groups excluding carboxylic acids is 1. The van der Waals surface area contributed by atoms with Crippen molar-refractivity contribution < 1.29 is 30.9 Å². The van der Waals surface area contributed by atoms with Crippen LogP contribution in [0, 0.1) is 17.2 Å². The molecule has 2 aliphatic heterocycles. The highest BCUT2D eigenvalue weighted by Crippen LogP contribution is 2.34. The predicted octanol–water partition coefficient (Wildman–Crippen LogP) is 1.88. The number of nitrogens with zero attached hydrogens (tertiary/aromatic N) is 5. The fraction of sp³-hybridized carbons (Fsp3) is 0.467. The number of amides is 1. The van der Waals surface area contributed by atoms with E-state index in [4.69, 9.17) is 9.81 Å². The predicted molar refractivity (Wildman–Crippen MR) is 170 cm³/mol. The van der Waals surface area contributed by atoms with Gasteiger partial charge in [0.2, 0.25) is 11.7 Å². The highest BCUT2D eigenvalue weighted by molar-refractivity contribution is 7.85. The molecule has 5 rings (SSSR count). The lowest BCUT2D eigenvalue weighted by Gasteiger charge is -2.41. The monoisotopic (exact) mass is 690 g/mol. The van der Waals surface area contributed by atoms with Gasteiger partial charge in [0, 0.05) is 38.8 Å². The van der Waals surface area contributed by atoms with Gasteiger partial charge in [-0.05, 0) is 55.7 Å². The molecule has 0 saturated carbocycles. The molecule has 0 spiro atoms. The standard InChI is InChI=1S/C30H33F3N8O6S/c31-30(32,33)29-38-22(15-23(39-29)41-14-9-21(41)28(44)36-11-6-18-1-3-20(16-34)4-2-18)40-12-7-19(8-13-40)5-10-35-24-25(27(43)26(24)42)37-17-48(45,46)47/h1-4,15,19,21,35,37H,5-14,17H2,(H,36,44)(H,45,46,47). The van der Waals surface area contributed by atoms with Gasteiger partial charge in [0.1, 0.15) is 34.9 Å². The highest BCUT2D eigenvalue weighted by atomic mass is 32.2. The van der Waals surface area contributed by atoms with E-state index in [1.807, 2.05) is 6.07 Å². The van der Waals surface area contributed by atoms with E-state index in [0.717, 1.165) is 5.56 Å². The van der Waals surface area contributed by atoms with Crippen LogP contribution in [0.1, 0.15) is 42.6 Å². The zero-order valence-corrected chi connectivity index (χ0v) is 26.4. The number of piperidine rings is 1. The third kappa shape index (κ3) is 8.20. The number of carbonyl (C=O) groups is 1. The molecule has 3 heterocycles. The van der Waals surface area contributed by atoms with E-state index in [1.54, 1.807) is 29.2 Å². The molecule has 1 unspecified atom stereocenters. The Morgan fingerprint density at radius 1 is 0.979 bits per heavy atom. The number of aromatic nitrogens is 2. The zero-order chi connectivity index (χ0) is 34.6. The van der Waals surface area contributed by atoms with Crippen LogP contribution in [0.4, 0.5) is 36.2 Å². The van der Waals surface area contributed by atoms with Crippen molar-refractivity contribution in [1.29, 1.82) is 5.26 Å². The number of hydrogen-bond donors (Lipinski definition) is 4. The van der Waals surface area contributed by atoms with Crippen molar-refractivity contribution >= 4 is 39.0 Å². The Morgan fingerprint density at radius 2 is 1.62 bits per heavy atom. The van der Waals surface area contributed by atoms with Crippen molar-refractivity contribution in [2.75, 3.05) is 59.0 Å². The number of hydrogen-bond acceptors (Lipinski definition) is 12. The van der Waals surface area contributed by atoms with Gasteiger partial charge in [0.15, 0.2) is 0 Å².